The molecule has 0 saturated heterocycles. The van der Waals surface area contributed by atoms with Crippen LogP contribution < -0.4 is 0 Å². The lowest BCUT2D eigenvalue weighted by Gasteiger charge is -2.27. The number of benzene rings is 1. The van der Waals surface area contributed by atoms with Gasteiger partial charge in [0.15, 0.2) is 16.9 Å². The Morgan fingerprint density at radius 1 is 1.18 bits per heavy atom. The van der Waals surface area contributed by atoms with Crippen LogP contribution in [0.25, 0.3) is 0 Å². The Balaban J connectivity index is 2.72. The van der Waals surface area contributed by atoms with Gasteiger partial charge in [0.25, 0.3) is 0 Å². The van der Waals surface area contributed by atoms with Crippen LogP contribution in [0.4, 0.5) is 0 Å². The van der Waals surface area contributed by atoms with Crippen LogP contribution >= 0.6 is 23.2 Å². The van der Waals surface area contributed by atoms with Gasteiger partial charge < -0.3 is 4.74 Å². The van der Waals surface area contributed by atoms with E-state index in [0.717, 1.165) is 0 Å². The van der Waals surface area contributed by atoms with Gasteiger partial charge in [-0.1, -0.05) is 29.3 Å². The molecule has 108 valence electrons. The van der Waals surface area contributed by atoms with Gasteiger partial charge in [-0.05, 0) is 31.6 Å². The summed E-state index contributed by atoms with van der Waals surface area (Å²) in [6, 6.07) is 10.4. The largest absolute Gasteiger partial charge is 0.475 e. The van der Waals surface area contributed by atoms with E-state index in [0.29, 0.717) is 21.2 Å². The Hall–Kier alpha value is -2.45. The molecule has 2 rings (SSSR count). The molecule has 0 saturated carbocycles. The van der Waals surface area contributed by atoms with Crippen molar-refractivity contribution in [1.29, 1.82) is 15.8 Å². The molecule has 0 spiro atoms. The minimum absolute atomic E-state index is 0.0153. The normalized spacial score (nSPS) is 20.0. The minimum Gasteiger partial charge on any atom is -0.475 e. The fourth-order valence-electron chi connectivity index (χ4n) is 2.31. The number of hydrogen-bond acceptors (Lipinski definition) is 4. The average Bonchev–Trinajstić information content (AvgIpc) is 2.73. The van der Waals surface area contributed by atoms with Gasteiger partial charge in [0.05, 0.1) is 5.57 Å². The molecule has 22 heavy (non-hydrogen) atoms. The van der Waals surface area contributed by atoms with Crippen molar-refractivity contribution in [1.82, 2.24) is 0 Å². The number of hydrogen-bond donors (Lipinski definition) is 0. The molecule has 0 aliphatic carbocycles. The van der Waals surface area contributed by atoms with E-state index in [2.05, 4.69) is 0 Å². The van der Waals surface area contributed by atoms with Crippen LogP contribution in [0.5, 0.6) is 0 Å². The highest BCUT2D eigenvalue weighted by molar-refractivity contribution is 6.35. The molecule has 6 heteroatoms. The van der Waals surface area contributed by atoms with Gasteiger partial charge in [-0.15, -0.1) is 0 Å². The molecule has 1 heterocycles. The highest BCUT2D eigenvalue weighted by atomic mass is 35.5. The van der Waals surface area contributed by atoms with Crippen molar-refractivity contribution in [3.05, 3.63) is 56.3 Å². The summed E-state index contributed by atoms with van der Waals surface area (Å²) in [7, 11) is 0. The number of ether oxygens (including phenoxy) is 1. The summed E-state index contributed by atoms with van der Waals surface area (Å²) in [6.45, 7) is 3.44. The van der Waals surface area contributed by atoms with Crippen LogP contribution in [-0.2, 0) is 10.3 Å². The van der Waals surface area contributed by atoms with Crippen LogP contribution in [0.15, 0.2) is 40.7 Å². The first kappa shape index (κ1) is 15.9. The van der Waals surface area contributed by atoms with E-state index in [1.807, 2.05) is 6.07 Å². The van der Waals surface area contributed by atoms with Crippen molar-refractivity contribution in [2.24, 2.45) is 0 Å². The second-order valence-corrected chi connectivity index (χ2v) is 5.64. The van der Waals surface area contributed by atoms with Gasteiger partial charge in [-0.2, -0.15) is 15.8 Å². The first-order chi connectivity index (χ1) is 10.4. The summed E-state index contributed by atoms with van der Waals surface area (Å²) in [5.41, 5.74) is 0.0729. The van der Waals surface area contributed by atoms with E-state index >= 15 is 0 Å². The zero-order chi connectivity index (χ0) is 16.5. The number of nitriles is 3. The lowest BCUT2D eigenvalue weighted by Crippen LogP contribution is -2.23. The van der Waals surface area contributed by atoms with Crippen molar-refractivity contribution in [3.63, 3.8) is 0 Å². The van der Waals surface area contributed by atoms with Crippen molar-refractivity contribution in [2.45, 2.75) is 19.4 Å². The second kappa shape index (κ2) is 5.74. The summed E-state index contributed by atoms with van der Waals surface area (Å²) in [4.78, 5) is 0. The highest BCUT2D eigenvalue weighted by Gasteiger charge is 2.43. The third-order valence-electron chi connectivity index (χ3n) is 3.63. The number of rotatable bonds is 1. The predicted molar refractivity (Wildman–Crippen MR) is 81.5 cm³/mol. The Kier molecular flexibility index (Phi) is 4.16. The number of nitrogens with zero attached hydrogens (tertiary/aromatic N) is 3. The average molecular weight is 330 g/mol. The predicted octanol–water partition coefficient (Wildman–Crippen LogP) is 4.38. The Bertz CT molecular complexity index is 834. The lowest BCUT2D eigenvalue weighted by atomic mass is 9.88. The highest BCUT2D eigenvalue weighted by Crippen LogP contribution is 2.48. The van der Waals surface area contributed by atoms with Gasteiger partial charge in [-0.3, -0.25) is 0 Å². The molecule has 0 radical (unpaired) electrons. The Labute approximate surface area is 138 Å². The summed E-state index contributed by atoms with van der Waals surface area (Å²) in [6.07, 6.45) is 0. The third kappa shape index (κ3) is 2.32. The molecule has 0 amide bonds. The van der Waals surface area contributed by atoms with E-state index in [-0.39, 0.29) is 16.9 Å². The smallest absolute Gasteiger partial charge is 0.172 e. The molecule has 4 nitrogen and oxygen atoms in total. The number of halogens is 2. The molecule has 1 atom stereocenters. The van der Waals surface area contributed by atoms with E-state index in [1.165, 1.54) is 0 Å². The maximum Gasteiger partial charge on any atom is 0.172 e. The van der Waals surface area contributed by atoms with Gasteiger partial charge in [0, 0.05) is 15.6 Å². The monoisotopic (exact) mass is 329 g/mol. The minimum atomic E-state index is -1.04. The Morgan fingerprint density at radius 3 is 2.32 bits per heavy atom. The summed E-state index contributed by atoms with van der Waals surface area (Å²) < 4.78 is 5.83. The van der Waals surface area contributed by atoms with Crippen molar-refractivity contribution < 1.29 is 4.74 Å². The Morgan fingerprint density at radius 2 is 1.82 bits per heavy atom. The van der Waals surface area contributed by atoms with Gasteiger partial charge >= 0.3 is 0 Å². The van der Waals surface area contributed by atoms with Crippen LogP contribution in [-0.4, -0.2) is 0 Å². The summed E-state index contributed by atoms with van der Waals surface area (Å²) >= 11 is 12.1. The molecule has 0 N–H and O–H groups in total. The topological polar surface area (TPSA) is 80.6 Å². The first-order valence-electron chi connectivity index (χ1n) is 6.20. The van der Waals surface area contributed by atoms with E-state index < -0.39 is 5.60 Å². The fraction of sp³-hybridized carbons (Fsp3) is 0.188. The molecular formula is C16H9Cl2N3O. The summed E-state index contributed by atoms with van der Waals surface area (Å²) in [5, 5.41) is 28.3. The second-order valence-electron chi connectivity index (χ2n) is 4.80. The van der Waals surface area contributed by atoms with E-state index in [1.54, 1.807) is 44.2 Å². The molecule has 1 aliphatic rings. The van der Waals surface area contributed by atoms with E-state index in [9.17, 15) is 5.26 Å². The van der Waals surface area contributed by atoms with E-state index in [4.69, 9.17) is 38.5 Å². The summed E-state index contributed by atoms with van der Waals surface area (Å²) in [5.74, 6) is -0.0153. The lowest BCUT2D eigenvalue weighted by molar-refractivity contribution is 0.0729. The van der Waals surface area contributed by atoms with Gasteiger partial charge in [0.2, 0.25) is 0 Å². The molecule has 1 aromatic carbocycles. The first-order valence-corrected chi connectivity index (χ1v) is 6.95. The molecule has 0 fully saturated rings. The zero-order valence-corrected chi connectivity index (χ0v) is 13.2. The fourth-order valence-corrected chi connectivity index (χ4v) is 2.90. The molecule has 1 unspecified atom stereocenters. The van der Waals surface area contributed by atoms with Gasteiger partial charge in [-0.25, -0.2) is 0 Å². The van der Waals surface area contributed by atoms with Crippen molar-refractivity contribution in [3.8, 4) is 18.2 Å². The van der Waals surface area contributed by atoms with Crippen LogP contribution in [0.3, 0.4) is 0 Å². The third-order valence-corrected chi connectivity index (χ3v) is 4.18. The maximum atomic E-state index is 9.34. The molecule has 0 bridgehead atoms. The van der Waals surface area contributed by atoms with Crippen LogP contribution in [0, 0.1) is 34.0 Å². The van der Waals surface area contributed by atoms with Crippen LogP contribution in [0.1, 0.15) is 19.4 Å². The molecule has 0 aromatic heterocycles. The molecule has 1 aromatic rings. The van der Waals surface area contributed by atoms with Gasteiger partial charge in [0.1, 0.15) is 18.2 Å². The standard InChI is InChI=1S/C16H9Cl2N3O/c1-9-12(8-21)15(10(6-19)7-20)22-16(9,2)13-4-3-11(17)5-14(13)18/h3-5H,1-2H3. The maximum absolute atomic E-state index is 9.34. The number of allylic oxidation sites excluding steroid dienone is 2. The molecular weight excluding hydrogens is 321 g/mol. The zero-order valence-electron chi connectivity index (χ0n) is 11.7. The van der Waals surface area contributed by atoms with Crippen molar-refractivity contribution in [2.75, 3.05) is 0 Å². The molecule has 1 aliphatic heterocycles. The van der Waals surface area contributed by atoms with Crippen molar-refractivity contribution >= 4 is 23.2 Å². The van der Waals surface area contributed by atoms with Crippen LogP contribution in [0.2, 0.25) is 10.0 Å². The SMILES string of the molecule is CC1=C(C#N)C(=C(C#N)C#N)OC1(C)c1ccc(Cl)cc1Cl. The quantitative estimate of drug-likeness (QED) is 0.716.